The van der Waals surface area contributed by atoms with Gasteiger partial charge >= 0.3 is 0 Å². The summed E-state index contributed by atoms with van der Waals surface area (Å²) in [6.07, 6.45) is 4.17. The lowest BCUT2D eigenvalue weighted by atomic mass is 10.1. The summed E-state index contributed by atoms with van der Waals surface area (Å²) in [6, 6.07) is 6.99. The van der Waals surface area contributed by atoms with Crippen molar-refractivity contribution < 1.29 is 0 Å². The van der Waals surface area contributed by atoms with E-state index < -0.39 is 0 Å². The molecule has 0 radical (unpaired) electrons. The second-order valence-corrected chi connectivity index (χ2v) is 5.57. The van der Waals surface area contributed by atoms with E-state index in [-0.39, 0.29) is 24.0 Å². The number of aryl methyl sites for hydroxylation is 1. The number of aromatic amines is 1. The molecule has 22 heavy (non-hydrogen) atoms. The van der Waals surface area contributed by atoms with E-state index in [1.165, 1.54) is 22.0 Å². The van der Waals surface area contributed by atoms with Gasteiger partial charge in [0.2, 0.25) is 0 Å². The van der Waals surface area contributed by atoms with Crippen LogP contribution in [0.3, 0.4) is 0 Å². The fourth-order valence-electron chi connectivity index (χ4n) is 2.35. The molecule has 1 aromatic carbocycles. The van der Waals surface area contributed by atoms with Crippen molar-refractivity contribution in [2.45, 2.75) is 39.7 Å². The van der Waals surface area contributed by atoms with E-state index >= 15 is 0 Å². The Morgan fingerprint density at radius 2 is 2.14 bits per heavy atom. The number of aromatic nitrogens is 1. The van der Waals surface area contributed by atoms with Crippen LogP contribution < -0.4 is 10.6 Å². The highest BCUT2D eigenvalue weighted by atomic mass is 127. The number of benzene rings is 1. The fourth-order valence-corrected chi connectivity index (χ4v) is 2.35. The van der Waals surface area contributed by atoms with Crippen LogP contribution in [0, 0.1) is 6.92 Å². The third-order valence-corrected chi connectivity index (χ3v) is 3.83. The lowest BCUT2D eigenvalue weighted by Gasteiger charge is -2.16. The van der Waals surface area contributed by atoms with Gasteiger partial charge in [0.1, 0.15) is 0 Å². The van der Waals surface area contributed by atoms with E-state index in [4.69, 9.17) is 0 Å². The molecule has 0 spiro atoms. The van der Waals surface area contributed by atoms with E-state index in [0.29, 0.717) is 6.04 Å². The molecular formula is C17H27IN4. The summed E-state index contributed by atoms with van der Waals surface area (Å²) in [6.45, 7) is 7.32. The van der Waals surface area contributed by atoms with Crippen LogP contribution in [0.25, 0.3) is 10.9 Å². The minimum atomic E-state index is 0. The quantitative estimate of drug-likeness (QED) is 0.398. The van der Waals surface area contributed by atoms with Crippen molar-refractivity contribution >= 4 is 40.8 Å². The van der Waals surface area contributed by atoms with E-state index in [2.05, 4.69) is 65.8 Å². The molecule has 0 aliphatic heterocycles. The molecule has 0 aliphatic rings. The summed E-state index contributed by atoms with van der Waals surface area (Å²) in [5.74, 6) is 0.875. The van der Waals surface area contributed by atoms with Crippen molar-refractivity contribution in [1.29, 1.82) is 0 Å². The summed E-state index contributed by atoms with van der Waals surface area (Å²) in [7, 11) is 1.81. The molecule has 0 amide bonds. The summed E-state index contributed by atoms with van der Waals surface area (Å²) in [4.78, 5) is 7.60. The van der Waals surface area contributed by atoms with Gasteiger partial charge in [-0.1, -0.05) is 19.1 Å². The van der Waals surface area contributed by atoms with Crippen LogP contribution in [0.2, 0.25) is 0 Å². The van der Waals surface area contributed by atoms with E-state index in [1.807, 2.05) is 7.05 Å². The molecule has 1 aromatic heterocycles. The number of fused-ring (bicyclic) bond motifs is 1. The van der Waals surface area contributed by atoms with Crippen LogP contribution in [0.15, 0.2) is 29.4 Å². The van der Waals surface area contributed by atoms with Gasteiger partial charge in [-0.05, 0) is 43.9 Å². The maximum Gasteiger partial charge on any atom is 0.191 e. The molecule has 0 saturated heterocycles. The predicted molar refractivity (Wildman–Crippen MR) is 106 cm³/mol. The van der Waals surface area contributed by atoms with Crippen molar-refractivity contribution in [1.82, 2.24) is 15.6 Å². The van der Waals surface area contributed by atoms with Gasteiger partial charge in [-0.3, -0.25) is 4.99 Å². The van der Waals surface area contributed by atoms with Gasteiger partial charge in [0.05, 0.1) is 0 Å². The molecule has 0 fully saturated rings. The summed E-state index contributed by atoms with van der Waals surface area (Å²) < 4.78 is 0. The van der Waals surface area contributed by atoms with Crippen LogP contribution in [0.1, 0.15) is 31.4 Å². The first-order chi connectivity index (χ1) is 10.1. The topological polar surface area (TPSA) is 52.2 Å². The second kappa shape index (κ2) is 9.02. The molecule has 0 bridgehead atoms. The van der Waals surface area contributed by atoms with Crippen LogP contribution in [-0.4, -0.2) is 30.6 Å². The number of nitrogens with one attached hydrogen (secondary N) is 3. The van der Waals surface area contributed by atoms with Crippen molar-refractivity contribution in [3.63, 3.8) is 0 Å². The van der Waals surface area contributed by atoms with Gasteiger partial charge in [-0.2, -0.15) is 0 Å². The van der Waals surface area contributed by atoms with Crippen molar-refractivity contribution in [2.24, 2.45) is 4.99 Å². The monoisotopic (exact) mass is 414 g/mol. The Morgan fingerprint density at radius 3 is 2.82 bits per heavy atom. The van der Waals surface area contributed by atoms with Crippen LogP contribution in [-0.2, 0) is 6.42 Å². The largest absolute Gasteiger partial charge is 0.361 e. The zero-order valence-corrected chi connectivity index (χ0v) is 16.2. The highest BCUT2D eigenvalue weighted by molar-refractivity contribution is 14.0. The first-order valence-electron chi connectivity index (χ1n) is 7.67. The standard InChI is InChI=1S/C17H26N4.HI/c1-5-13(3)21-17(18-4)19-9-8-14-11-20-16-10-12(2)6-7-15(14)16;/h6-7,10-11,13,20H,5,8-9H2,1-4H3,(H2,18,19,21);1H. The minimum Gasteiger partial charge on any atom is -0.361 e. The fraction of sp³-hybridized carbons (Fsp3) is 0.471. The Kier molecular flexibility index (Phi) is 7.72. The van der Waals surface area contributed by atoms with Gasteiger partial charge in [-0.25, -0.2) is 0 Å². The lowest BCUT2D eigenvalue weighted by molar-refractivity contribution is 0.624. The van der Waals surface area contributed by atoms with Gasteiger partial charge in [-0.15, -0.1) is 24.0 Å². The maximum atomic E-state index is 4.26. The molecular weight excluding hydrogens is 387 g/mol. The Balaban J connectivity index is 0.00000242. The summed E-state index contributed by atoms with van der Waals surface area (Å²) in [5.41, 5.74) is 3.84. The smallest absolute Gasteiger partial charge is 0.191 e. The third-order valence-electron chi connectivity index (χ3n) is 3.83. The number of H-pyrrole nitrogens is 1. The number of halogens is 1. The molecule has 3 N–H and O–H groups in total. The summed E-state index contributed by atoms with van der Waals surface area (Å²) in [5, 5.41) is 8.06. The number of rotatable bonds is 5. The molecule has 4 nitrogen and oxygen atoms in total. The van der Waals surface area contributed by atoms with Gasteiger partial charge in [0, 0.05) is 36.7 Å². The molecule has 5 heteroatoms. The zero-order chi connectivity index (χ0) is 15.2. The summed E-state index contributed by atoms with van der Waals surface area (Å²) >= 11 is 0. The van der Waals surface area contributed by atoms with Gasteiger partial charge in [0.15, 0.2) is 5.96 Å². The molecule has 2 aromatic rings. The highest BCUT2D eigenvalue weighted by Gasteiger charge is 2.05. The average molecular weight is 414 g/mol. The molecule has 122 valence electrons. The number of aliphatic imine (C=N–C) groups is 1. The van der Waals surface area contributed by atoms with Crippen LogP contribution >= 0.6 is 24.0 Å². The van der Waals surface area contributed by atoms with Crippen LogP contribution in [0.5, 0.6) is 0 Å². The first-order valence-corrected chi connectivity index (χ1v) is 7.67. The first kappa shape index (κ1) is 18.8. The van der Waals surface area contributed by atoms with E-state index in [9.17, 15) is 0 Å². The Labute approximate surface area is 150 Å². The molecule has 2 rings (SSSR count). The second-order valence-electron chi connectivity index (χ2n) is 5.57. The number of guanidine groups is 1. The lowest BCUT2D eigenvalue weighted by Crippen LogP contribution is -2.42. The molecule has 0 saturated carbocycles. The van der Waals surface area contributed by atoms with Gasteiger partial charge < -0.3 is 15.6 Å². The SMILES string of the molecule is CCC(C)NC(=NC)NCCc1c[nH]c2cc(C)ccc12.I. The minimum absolute atomic E-state index is 0. The average Bonchev–Trinajstić information content (AvgIpc) is 2.88. The number of hydrogen-bond donors (Lipinski definition) is 3. The Morgan fingerprint density at radius 1 is 1.36 bits per heavy atom. The number of nitrogens with zero attached hydrogens (tertiary/aromatic N) is 1. The zero-order valence-electron chi connectivity index (χ0n) is 13.9. The highest BCUT2D eigenvalue weighted by Crippen LogP contribution is 2.19. The molecule has 1 unspecified atom stereocenters. The van der Waals surface area contributed by atoms with Gasteiger partial charge in [0.25, 0.3) is 0 Å². The predicted octanol–water partition coefficient (Wildman–Crippen LogP) is 3.60. The normalized spacial score (nSPS) is 12.8. The Hall–Kier alpha value is -1.24. The van der Waals surface area contributed by atoms with E-state index in [0.717, 1.165) is 25.3 Å². The maximum absolute atomic E-state index is 4.26. The number of hydrogen-bond acceptors (Lipinski definition) is 1. The van der Waals surface area contributed by atoms with Crippen molar-refractivity contribution in [3.05, 3.63) is 35.5 Å². The Bertz CT molecular complexity index is 618. The van der Waals surface area contributed by atoms with Crippen molar-refractivity contribution in [3.8, 4) is 0 Å². The molecule has 1 heterocycles. The molecule has 0 aliphatic carbocycles. The third kappa shape index (κ3) is 4.90. The van der Waals surface area contributed by atoms with E-state index in [1.54, 1.807) is 0 Å². The molecule has 1 atom stereocenters. The van der Waals surface area contributed by atoms with Crippen molar-refractivity contribution in [2.75, 3.05) is 13.6 Å². The van der Waals surface area contributed by atoms with Crippen LogP contribution in [0.4, 0.5) is 0 Å².